The Morgan fingerprint density at radius 3 is 2.36 bits per heavy atom. The Kier molecular flexibility index (Phi) is 5.30. The quantitative estimate of drug-likeness (QED) is 0.858. The van der Waals surface area contributed by atoms with E-state index in [0.29, 0.717) is 26.2 Å². The number of carbonyl (C=O) groups excluding carboxylic acids is 1. The molecule has 1 N–H and O–H groups in total. The molecule has 1 saturated heterocycles. The van der Waals surface area contributed by atoms with Gasteiger partial charge in [-0.15, -0.1) is 0 Å². The van der Waals surface area contributed by atoms with Crippen LogP contribution < -0.4 is 0 Å². The Morgan fingerprint density at radius 2 is 1.71 bits per heavy atom. The van der Waals surface area contributed by atoms with Crippen molar-refractivity contribution in [2.45, 2.75) is 24.8 Å². The first kappa shape index (κ1) is 18.5. The van der Waals surface area contributed by atoms with Crippen molar-refractivity contribution in [3.63, 3.8) is 0 Å². The topological polar surface area (TPSA) is 76.1 Å². The van der Waals surface area contributed by atoms with E-state index in [9.17, 15) is 9.59 Å². The van der Waals surface area contributed by atoms with Crippen LogP contribution in [0.4, 0.5) is 4.79 Å². The molecule has 6 nitrogen and oxygen atoms in total. The number of hydrogen-bond acceptors (Lipinski definition) is 4. The second-order valence-corrected chi connectivity index (χ2v) is 7.16. The van der Waals surface area contributed by atoms with Gasteiger partial charge in [-0.25, -0.2) is 4.79 Å². The van der Waals surface area contributed by atoms with Crippen molar-refractivity contribution in [2.24, 2.45) is 0 Å². The number of carbonyl (C=O) groups is 2. The van der Waals surface area contributed by atoms with Crippen LogP contribution in [0.2, 0.25) is 0 Å². The van der Waals surface area contributed by atoms with E-state index in [4.69, 9.17) is 14.6 Å². The van der Waals surface area contributed by atoms with Gasteiger partial charge in [-0.3, -0.25) is 4.79 Å². The number of carboxylic acids is 1. The van der Waals surface area contributed by atoms with Gasteiger partial charge in [0.1, 0.15) is 6.61 Å². The molecule has 0 spiro atoms. The van der Waals surface area contributed by atoms with Crippen LogP contribution in [-0.4, -0.2) is 54.5 Å². The zero-order valence-corrected chi connectivity index (χ0v) is 15.5. The molecule has 1 heterocycles. The summed E-state index contributed by atoms with van der Waals surface area (Å²) in [5, 5.41) is 8.93. The normalized spacial score (nSPS) is 18.4. The maximum absolute atomic E-state index is 12.7. The lowest BCUT2D eigenvalue weighted by atomic mass is 9.98. The smallest absolute Gasteiger partial charge is 0.410 e. The fraction of sp³-hybridized carbons (Fsp3) is 0.364. The van der Waals surface area contributed by atoms with Crippen molar-refractivity contribution in [1.29, 1.82) is 0 Å². The molecule has 146 valence electrons. The van der Waals surface area contributed by atoms with Crippen molar-refractivity contribution in [1.82, 2.24) is 4.90 Å². The van der Waals surface area contributed by atoms with Crippen molar-refractivity contribution in [3.05, 3.63) is 59.7 Å². The Balaban J connectivity index is 1.46. The van der Waals surface area contributed by atoms with Crippen LogP contribution >= 0.6 is 0 Å². The van der Waals surface area contributed by atoms with Crippen LogP contribution in [0.15, 0.2) is 48.5 Å². The molecule has 4 rings (SSSR count). The van der Waals surface area contributed by atoms with E-state index in [-0.39, 0.29) is 25.0 Å². The molecule has 1 atom stereocenters. The predicted molar refractivity (Wildman–Crippen MR) is 103 cm³/mol. The highest BCUT2D eigenvalue weighted by Crippen LogP contribution is 2.44. The lowest BCUT2D eigenvalue weighted by Crippen LogP contribution is -2.49. The number of aliphatic carboxylic acids is 1. The van der Waals surface area contributed by atoms with Crippen molar-refractivity contribution >= 4 is 12.1 Å². The van der Waals surface area contributed by atoms with E-state index in [2.05, 4.69) is 24.3 Å². The summed E-state index contributed by atoms with van der Waals surface area (Å²) in [7, 11) is 0. The first-order valence-electron chi connectivity index (χ1n) is 9.56. The summed E-state index contributed by atoms with van der Waals surface area (Å²) in [6.07, 6.45) is -0.0405. The van der Waals surface area contributed by atoms with Crippen molar-refractivity contribution in [2.75, 3.05) is 26.4 Å². The lowest BCUT2D eigenvalue weighted by Gasteiger charge is -2.34. The second kappa shape index (κ2) is 8.02. The highest BCUT2D eigenvalue weighted by molar-refractivity contribution is 5.79. The zero-order chi connectivity index (χ0) is 19.5. The van der Waals surface area contributed by atoms with E-state index in [1.54, 1.807) is 4.90 Å². The molecule has 0 radical (unpaired) electrons. The molecule has 0 aromatic heterocycles. The highest BCUT2D eigenvalue weighted by Gasteiger charge is 2.32. The van der Waals surface area contributed by atoms with Crippen LogP contribution in [0, 0.1) is 0 Å². The van der Waals surface area contributed by atoms with E-state index in [1.807, 2.05) is 24.3 Å². The Bertz CT molecular complexity index is 835. The van der Waals surface area contributed by atoms with E-state index >= 15 is 0 Å². The van der Waals surface area contributed by atoms with Crippen LogP contribution in [-0.2, 0) is 14.3 Å². The van der Waals surface area contributed by atoms with Gasteiger partial charge in [0, 0.05) is 18.9 Å². The number of ether oxygens (including phenoxy) is 2. The van der Waals surface area contributed by atoms with Crippen molar-refractivity contribution < 1.29 is 24.2 Å². The summed E-state index contributed by atoms with van der Waals surface area (Å²) in [6.45, 7) is 1.46. The Labute approximate surface area is 163 Å². The molecule has 0 saturated carbocycles. The van der Waals surface area contributed by atoms with Gasteiger partial charge in [0.2, 0.25) is 0 Å². The largest absolute Gasteiger partial charge is 0.481 e. The minimum atomic E-state index is -0.877. The number of rotatable bonds is 5. The number of benzene rings is 2. The van der Waals surface area contributed by atoms with Gasteiger partial charge in [-0.2, -0.15) is 0 Å². The molecule has 1 fully saturated rings. The number of morpholine rings is 1. The fourth-order valence-corrected chi connectivity index (χ4v) is 4.10. The second-order valence-electron chi connectivity index (χ2n) is 7.16. The van der Waals surface area contributed by atoms with Crippen LogP contribution in [0.1, 0.15) is 29.9 Å². The third-order valence-electron chi connectivity index (χ3n) is 5.49. The summed E-state index contributed by atoms with van der Waals surface area (Å²) < 4.78 is 11.1. The van der Waals surface area contributed by atoms with Crippen molar-refractivity contribution in [3.8, 4) is 11.1 Å². The molecule has 28 heavy (non-hydrogen) atoms. The number of nitrogens with zero attached hydrogens (tertiary/aromatic N) is 1. The average molecular weight is 381 g/mol. The first-order chi connectivity index (χ1) is 13.6. The van der Waals surface area contributed by atoms with E-state index in [1.165, 1.54) is 22.3 Å². The van der Waals surface area contributed by atoms with Gasteiger partial charge in [0.25, 0.3) is 0 Å². The molecule has 2 aromatic carbocycles. The van der Waals surface area contributed by atoms with Crippen LogP contribution in [0.3, 0.4) is 0 Å². The third-order valence-corrected chi connectivity index (χ3v) is 5.49. The number of fused-ring (bicyclic) bond motifs is 3. The molecule has 2 aromatic rings. The van der Waals surface area contributed by atoms with E-state index in [0.717, 1.165) is 0 Å². The summed E-state index contributed by atoms with van der Waals surface area (Å²) in [6, 6.07) is 16.1. The van der Waals surface area contributed by atoms with Gasteiger partial charge in [0.15, 0.2) is 0 Å². The van der Waals surface area contributed by atoms with Gasteiger partial charge in [0.05, 0.1) is 19.3 Å². The van der Waals surface area contributed by atoms with Gasteiger partial charge >= 0.3 is 12.1 Å². The Morgan fingerprint density at radius 1 is 1.07 bits per heavy atom. The summed E-state index contributed by atoms with van der Waals surface area (Å²) in [5.41, 5.74) is 4.71. The lowest BCUT2D eigenvalue weighted by molar-refractivity contribution is -0.137. The molecular weight excluding hydrogens is 358 g/mol. The van der Waals surface area contributed by atoms with Crippen LogP contribution in [0.5, 0.6) is 0 Å². The number of carboxylic acid groups (broad SMARTS) is 1. The monoisotopic (exact) mass is 381 g/mol. The molecule has 2 aliphatic rings. The molecular formula is C22H23NO5. The Hall–Kier alpha value is -2.86. The first-order valence-corrected chi connectivity index (χ1v) is 9.56. The maximum atomic E-state index is 12.7. The molecule has 1 aliphatic heterocycles. The van der Waals surface area contributed by atoms with Gasteiger partial charge < -0.3 is 19.5 Å². The van der Waals surface area contributed by atoms with Crippen LogP contribution in [0.25, 0.3) is 11.1 Å². The molecule has 1 amide bonds. The molecule has 1 aliphatic carbocycles. The third kappa shape index (κ3) is 3.60. The summed E-state index contributed by atoms with van der Waals surface area (Å²) in [5.74, 6) is -0.868. The average Bonchev–Trinajstić information content (AvgIpc) is 3.04. The maximum Gasteiger partial charge on any atom is 0.410 e. The summed E-state index contributed by atoms with van der Waals surface area (Å²) in [4.78, 5) is 25.2. The minimum absolute atomic E-state index is 0.00117. The standard InChI is InChI=1S/C22H23NO5/c24-21(25)10-9-15-13-27-12-11-23(15)22(26)28-14-20-18-7-3-1-5-16(18)17-6-2-4-8-19(17)20/h1-8,15,20H,9-14H2,(H,24,25)/t15-/m0/s1. The minimum Gasteiger partial charge on any atom is -0.481 e. The SMILES string of the molecule is O=C(O)CC[C@H]1COCCN1C(=O)OCC1c2ccccc2-c2ccccc21. The predicted octanol–water partition coefficient (Wildman–Crippen LogP) is 3.50. The molecule has 6 heteroatoms. The number of amides is 1. The van der Waals surface area contributed by atoms with E-state index < -0.39 is 12.1 Å². The molecule has 0 bridgehead atoms. The molecule has 0 unspecified atom stereocenters. The highest BCUT2D eigenvalue weighted by atomic mass is 16.6. The van der Waals surface area contributed by atoms with Gasteiger partial charge in [-0.1, -0.05) is 48.5 Å². The zero-order valence-electron chi connectivity index (χ0n) is 15.5. The number of hydrogen-bond donors (Lipinski definition) is 1. The fourth-order valence-electron chi connectivity index (χ4n) is 4.10. The summed E-state index contributed by atoms with van der Waals surface area (Å²) >= 11 is 0. The van der Waals surface area contributed by atoms with Gasteiger partial charge in [-0.05, 0) is 28.7 Å².